The third-order valence-corrected chi connectivity index (χ3v) is 5.03. The molecule has 1 saturated heterocycles. The number of non-ortho nitro benzene ring substituents is 1. The lowest BCUT2D eigenvalue weighted by Gasteiger charge is -2.47. The van der Waals surface area contributed by atoms with Gasteiger partial charge in [-0.25, -0.2) is 4.79 Å². The highest BCUT2D eigenvalue weighted by molar-refractivity contribution is 5.99. The lowest BCUT2D eigenvalue weighted by molar-refractivity contribution is -0.384. The van der Waals surface area contributed by atoms with Crippen molar-refractivity contribution < 1.29 is 24.0 Å². The summed E-state index contributed by atoms with van der Waals surface area (Å²) in [6.45, 7) is 2.75. The van der Waals surface area contributed by atoms with E-state index >= 15 is 0 Å². The van der Waals surface area contributed by atoms with Crippen LogP contribution in [-0.2, 0) is 20.7 Å². The average Bonchev–Trinajstić information content (AvgIpc) is 2.65. The van der Waals surface area contributed by atoms with E-state index in [2.05, 4.69) is 0 Å². The molecule has 0 aliphatic carbocycles. The minimum absolute atomic E-state index is 0.0493. The zero-order valence-corrected chi connectivity index (χ0v) is 15.0. The lowest BCUT2D eigenvalue weighted by Crippen LogP contribution is -2.59. The van der Waals surface area contributed by atoms with E-state index in [9.17, 15) is 24.5 Å². The van der Waals surface area contributed by atoms with Gasteiger partial charge in [-0.3, -0.25) is 29.9 Å². The third-order valence-electron chi connectivity index (χ3n) is 5.03. The van der Waals surface area contributed by atoms with Crippen LogP contribution >= 0.6 is 0 Å². The van der Waals surface area contributed by atoms with E-state index < -0.39 is 22.8 Å². The molecule has 2 aliphatic rings. The Labute approximate surface area is 155 Å². The molecule has 1 fully saturated rings. The monoisotopic (exact) mass is 376 g/mol. The molecule has 0 aromatic heterocycles. The average molecular weight is 376 g/mol. The van der Waals surface area contributed by atoms with Crippen molar-refractivity contribution in [2.45, 2.75) is 25.5 Å². The summed E-state index contributed by atoms with van der Waals surface area (Å²) in [5.74, 6) is -1.10. The molecule has 0 saturated carbocycles. The third kappa shape index (κ3) is 3.47. The van der Waals surface area contributed by atoms with Crippen LogP contribution in [0.5, 0.6) is 0 Å². The number of urea groups is 1. The van der Waals surface area contributed by atoms with Gasteiger partial charge in [0, 0.05) is 31.4 Å². The van der Waals surface area contributed by atoms with Gasteiger partial charge in [-0.1, -0.05) is 0 Å². The maximum absolute atomic E-state index is 12.9. The van der Waals surface area contributed by atoms with Crippen LogP contribution < -0.4 is 10.2 Å². The number of hydrogen-bond donors (Lipinski definition) is 1. The second-order valence-electron chi connectivity index (χ2n) is 6.71. The Kier molecular flexibility index (Phi) is 5.08. The van der Waals surface area contributed by atoms with Crippen molar-refractivity contribution in [2.24, 2.45) is 5.92 Å². The van der Waals surface area contributed by atoms with Gasteiger partial charge in [0.2, 0.25) is 12.3 Å². The van der Waals surface area contributed by atoms with Crippen molar-refractivity contribution in [3.05, 3.63) is 33.9 Å². The number of carbonyl (C=O) groups is 3. The molecule has 3 atom stereocenters. The maximum Gasteiger partial charge on any atom is 0.330 e. The number of hydrogen-bond acceptors (Lipinski definition) is 7. The molecule has 2 heterocycles. The highest BCUT2D eigenvalue weighted by Gasteiger charge is 2.43. The van der Waals surface area contributed by atoms with Crippen molar-refractivity contribution in [2.75, 3.05) is 25.1 Å². The number of ether oxygens (including phenoxy) is 1. The summed E-state index contributed by atoms with van der Waals surface area (Å²) >= 11 is 0. The van der Waals surface area contributed by atoms with Crippen molar-refractivity contribution in [3.8, 4) is 0 Å². The summed E-state index contributed by atoms with van der Waals surface area (Å²) in [4.78, 5) is 48.8. The molecule has 144 valence electrons. The molecular formula is C17H20N4O6. The van der Waals surface area contributed by atoms with Gasteiger partial charge in [0.25, 0.3) is 5.69 Å². The first kappa shape index (κ1) is 18.8. The number of nitro benzene ring substituents is 1. The predicted octanol–water partition coefficient (Wildman–Crippen LogP) is 0.685. The Balaban J connectivity index is 1.97. The molecule has 0 bridgehead atoms. The second-order valence-corrected chi connectivity index (χ2v) is 6.71. The van der Waals surface area contributed by atoms with E-state index in [4.69, 9.17) is 4.74 Å². The Hall–Kier alpha value is -3.01. The minimum atomic E-state index is -0.823. The Morgan fingerprint density at radius 3 is 2.85 bits per heavy atom. The number of rotatable bonds is 3. The van der Waals surface area contributed by atoms with Crippen LogP contribution in [0.15, 0.2) is 18.2 Å². The Morgan fingerprint density at radius 2 is 2.19 bits per heavy atom. The SMILES string of the molecule is CC1CN2c3ccc([N+](=O)[O-])cc3CC(C(=O)N(C)C(=O)NC=O)[C@@H]2CO1. The van der Waals surface area contributed by atoms with Gasteiger partial charge < -0.3 is 9.64 Å². The number of fused-ring (bicyclic) bond motifs is 3. The van der Waals surface area contributed by atoms with Gasteiger partial charge >= 0.3 is 6.03 Å². The summed E-state index contributed by atoms with van der Waals surface area (Å²) in [6, 6.07) is 3.49. The second kappa shape index (κ2) is 7.31. The van der Waals surface area contributed by atoms with Gasteiger partial charge in [0.1, 0.15) is 0 Å². The van der Waals surface area contributed by atoms with E-state index in [-0.39, 0.29) is 30.7 Å². The molecule has 1 aromatic carbocycles. The largest absolute Gasteiger partial charge is 0.375 e. The van der Waals surface area contributed by atoms with Crippen molar-refractivity contribution >= 4 is 29.7 Å². The highest BCUT2D eigenvalue weighted by Crippen LogP contribution is 2.38. The van der Waals surface area contributed by atoms with Crippen LogP contribution in [0.3, 0.4) is 0 Å². The minimum Gasteiger partial charge on any atom is -0.375 e. The maximum atomic E-state index is 12.9. The van der Waals surface area contributed by atoms with Crippen LogP contribution in [0.1, 0.15) is 12.5 Å². The first-order valence-electron chi connectivity index (χ1n) is 8.50. The number of anilines is 1. The topological polar surface area (TPSA) is 122 Å². The summed E-state index contributed by atoms with van der Waals surface area (Å²) < 4.78 is 5.72. The van der Waals surface area contributed by atoms with Gasteiger partial charge in [-0.15, -0.1) is 0 Å². The first-order chi connectivity index (χ1) is 12.8. The summed E-state index contributed by atoms with van der Waals surface area (Å²) in [5.41, 5.74) is 1.47. The zero-order chi connectivity index (χ0) is 19.7. The van der Waals surface area contributed by atoms with Crippen LogP contribution in [0, 0.1) is 16.0 Å². The molecule has 0 radical (unpaired) electrons. The van der Waals surface area contributed by atoms with Gasteiger partial charge in [-0.05, 0) is 25.0 Å². The summed E-state index contributed by atoms with van der Waals surface area (Å²) in [6.07, 6.45) is 0.394. The normalized spacial score (nSPS) is 23.6. The molecule has 1 N–H and O–H groups in total. The van der Waals surface area contributed by atoms with Crippen molar-refractivity contribution in [1.29, 1.82) is 0 Å². The molecule has 4 amide bonds. The van der Waals surface area contributed by atoms with E-state index in [1.54, 1.807) is 6.07 Å². The molecule has 10 heteroatoms. The van der Waals surface area contributed by atoms with Crippen LogP contribution in [0.2, 0.25) is 0 Å². The molecule has 1 aromatic rings. The predicted molar refractivity (Wildman–Crippen MR) is 94.2 cm³/mol. The quantitative estimate of drug-likeness (QED) is 0.468. The smallest absolute Gasteiger partial charge is 0.330 e. The van der Waals surface area contributed by atoms with E-state index in [1.165, 1.54) is 19.2 Å². The van der Waals surface area contributed by atoms with Crippen LogP contribution in [0.25, 0.3) is 0 Å². The molecule has 10 nitrogen and oxygen atoms in total. The van der Waals surface area contributed by atoms with E-state index in [1.807, 2.05) is 17.1 Å². The van der Waals surface area contributed by atoms with E-state index in [0.717, 1.165) is 10.6 Å². The zero-order valence-electron chi connectivity index (χ0n) is 15.0. The van der Waals surface area contributed by atoms with Crippen molar-refractivity contribution in [3.63, 3.8) is 0 Å². The Morgan fingerprint density at radius 1 is 1.44 bits per heavy atom. The van der Waals surface area contributed by atoms with Crippen molar-refractivity contribution in [1.82, 2.24) is 10.2 Å². The van der Waals surface area contributed by atoms with Gasteiger partial charge in [0.15, 0.2) is 0 Å². The number of nitrogens with one attached hydrogen (secondary N) is 1. The molecule has 27 heavy (non-hydrogen) atoms. The van der Waals surface area contributed by atoms with Gasteiger partial charge in [-0.2, -0.15) is 0 Å². The fourth-order valence-electron chi connectivity index (χ4n) is 3.68. The van der Waals surface area contributed by atoms with Crippen LogP contribution in [0.4, 0.5) is 16.2 Å². The molecule has 2 aliphatic heterocycles. The standard InChI is InChI=1S/C17H20N4O6/c1-10-7-20-14-4-3-12(21(25)26)5-11(14)6-13(15(20)8-27-10)16(23)19(2)17(24)18-9-22/h3-5,9-10,13,15H,6-8H2,1-2H3,(H,18,22,24)/t10?,13?,15-/m0/s1. The van der Waals surface area contributed by atoms with Crippen LogP contribution in [-0.4, -0.2) is 60.5 Å². The van der Waals surface area contributed by atoms with Gasteiger partial charge in [0.05, 0.1) is 29.6 Å². The number of morpholine rings is 1. The number of imide groups is 2. The Bertz CT molecular complexity index is 798. The van der Waals surface area contributed by atoms with E-state index in [0.29, 0.717) is 18.7 Å². The molecule has 0 spiro atoms. The number of nitro groups is 1. The molecule has 3 rings (SSSR count). The molecular weight excluding hydrogens is 356 g/mol. The number of carbonyl (C=O) groups excluding carboxylic acids is 3. The summed E-state index contributed by atoms with van der Waals surface area (Å²) in [7, 11) is 1.29. The molecule has 2 unspecified atom stereocenters. The highest BCUT2D eigenvalue weighted by atomic mass is 16.6. The first-order valence-corrected chi connectivity index (χ1v) is 8.50. The number of nitrogens with zero attached hydrogens (tertiary/aromatic N) is 3. The fourth-order valence-corrected chi connectivity index (χ4v) is 3.68. The summed E-state index contributed by atoms with van der Waals surface area (Å²) in [5, 5.41) is 13.1. The lowest BCUT2D eigenvalue weighted by atomic mass is 9.83. The number of amides is 4. The fraction of sp³-hybridized carbons (Fsp3) is 0.471. The number of benzene rings is 1.